The monoisotopic (exact) mass is 326 g/mol. The van der Waals surface area contributed by atoms with Crippen molar-refractivity contribution >= 4 is 15.9 Å². The summed E-state index contributed by atoms with van der Waals surface area (Å²) in [5, 5.41) is 3.08. The van der Waals surface area contributed by atoms with E-state index in [-0.39, 0.29) is 5.56 Å². The van der Waals surface area contributed by atoms with Crippen molar-refractivity contribution in [2.75, 3.05) is 6.54 Å². The van der Waals surface area contributed by atoms with Gasteiger partial charge in [-0.15, -0.1) is 0 Å². The van der Waals surface area contributed by atoms with Gasteiger partial charge in [-0.2, -0.15) is 0 Å². The van der Waals surface area contributed by atoms with Crippen LogP contribution in [-0.2, 0) is 0 Å². The molecule has 1 atom stereocenters. The Bertz CT molecular complexity index is 538. The topological polar surface area (TPSA) is 24.9 Å². The minimum absolute atomic E-state index is 0.0121. The first kappa shape index (κ1) is 14.1. The largest absolute Gasteiger partial charge is 0.306 e. The predicted octanol–water partition coefficient (Wildman–Crippen LogP) is 3.82. The zero-order valence-electron chi connectivity index (χ0n) is 10.3. The van der Waals surface area contributed by atoms with Gasteiger partial charge in [-0.3, -0.25) is 4.98 Å². The summed E-state index contributed by atoms with van der Waals surface area (Å²) < 4.78 is 28.5. The highest BCUT2D eigenvalue weighted by atomic mass is 79.9. The highest BCUT2D eigenvalue weighted by Gasteiger charge is 2.22. The lowest BCUT2D eigenvalue weighted by atomic mass is 9.99. The fourth-order valence-electron chi connectivity index (χ4n) is 1.97. The van der Waals surface area contributed by atoms with Crippen LogP contribution in [0.25, 0.3) is 0 Å². The number of rotatable bonds is 4. The average molecular weight is 327 g/mol. The van der Waals surface area contributed by atoms with Crippen LogP contribution in [0, 0.1) is 11.6 Å². The molecule has 5 heteroatoms. The van der Waals surface area contributed by atoms with Crippen molar-refractivity contribution in [1.29, 1.82) is 0 Å². The molecular formula is C14H13BrF2N2. The van der Waals surface area contributed by atoms with E-state index in [0.29, 0.717) is 11.0 Å². The number of benzene rings is 1. The molecule has 0 amide bonds. The number of nitrogens with zero attached hydrogens (tertiary/aromatic N) is 1. The van der Waals surface area contributed by atoms with E-state index in [0.717, 1.165) is 5.56 Å². The van der Waals surface area contributed by atoms with Crippen LogP contribution < -0.4 is 5.32 Å². The first-order valence-electron chi connectivity index (χ1n) is 5.91. The molecule has 100 valence electrons. The Hall–Kier alpha value is -1.33. The quantitative estimate of drug-likeness (QED) is 0.923. The van der Waals surface area contributed by atoms with E-state index in [1.54, 1.807) is 24.5 Å². The molecule has 0 fully saturated rings. The van der Waals surface area contributed by atoms with E-state index in [2.05, 4.69) is 26.2 Å². The van der Waals surface area contributed by atoms with Crippen molar-refractivity contribution in [2.24, 2.45) is 0 Å². The van der Waals surface area contributed by atoms with Gasteiger partial charge < -0.3 is 5.32 Å². The summed E-state index contributed by atoms with van der Waals surface area (Å²) in [5.41, 5.74) is 0.738. The summed E-state index contributed by atoms with van der Waals surface area (Å²) in [4.78, 5) is 4.00. The molecule has 1 heterocycles. The molecule has 1 aromatic carbocycles. The second-order valence-corrected chi connectivity index (χ2v) is 4.98. The van der Waals surface area contributed by atoms with Gasteiger partial charge >= 0.3 is 0 Å². The van der Waals surface area contributed by atoms with E-state index in [4.69, 9.17) is 0 Å². The third-order valence-corrected chi connectivity index (χ3v) is 3.22. The normalized spacial score (nSPS) is 12.4. The lowest BCUT2D eigenvalue weighted by Crippen LogP contribution is -2.24. The SMILES string of the molecule is CCNC(c1cccnc1)c1c(F)cc(Br)cc1F. The first-order chi connectivity index (χ1) is 9.13. The third kappa shape index (κ3) is 3.16. The molecule has 0 aliphatic carbocycles. The molecule has 0 spiro atoms. The van der Waals surface area contributed by atoms with Crippen molar-refractivity contribution in [2.45, 2.75) is 13.0 Å². The molecular weight excluding hydrogens is 314 g/mol. The number of hydrogen-bond acceptors (Lipinski definition) is 2. The number of halogens is 3. The van der Waals surface area contributed by atoms with Gasteiger partial charge in [-0.25, -0.2) is 8.78 Å². The summed E-state index contributed by atoms with van der Waals surface area (Å²) in [5.74, 6) is -1.16. The zero-order chi connectivity index (χ0) is 13.8. The van der Waals surface area contributed by atoms with Crippen molar-refractivity contribution in [1.82, 2.24) is 10.3 Å². The summed E-state index contributed by atoms with van der Waals surface area (Å²) in [6, 6.07) is 5.51. The van der Waals surface area contributed by atoms with E-state index in [9.17, 15) is 8.78 Å². The van der Waals surface area contributed by atoms with E-state index in [1.165, 1.54) is 12.1 Å². The molecule has 0 radical (unpaired) electrons. The maximum atomic E-state index is 14.0. The van der Waals surface area contributed by atoms with Crippen LogP contribution in [-0.4, -0.2) is 11.5 Å². The van der Waals surface area contributed by atoms with Crippen molar-refractivity contribution in [3.8, 4) is 0 Å². The minimum atomic E-state index is -0.582. The van der Waals surface area contributed by atoms with E-state index in [1.807, 2.05) is 6.92 Å². The van der Waals surface area contributed by atoms with Crippen LogP contribution in [0.5, 0.6) is 0 Å². The molecule has 19 heavy (non-hydrogen) atoms. The minimum Gasteiger partial charge on any atom is -0.306 e. The predicted molar refractivity (Wildman–Crippen MR) is 73.8 cm³/mol. The Balaban J connectivity index is 2.51. The Kier molecular flexibility index (Phi) is 4.61. The van der Waals surface area contributed by atoms with Crippen molar-refractivity contribution in [3.05, 3.63) is 63.9 Å². The highest BCUT2D eigenvalue weighted by molar-refractivity contribution is 9.10. The molecule has 1 N–H and O–H groups in total. The highest BCUT2D eigenvalue weighted by Crippen LogP contribution is 2.28. The van der Waals surface area contributed by atoms with Crippen LogP contribution in [0.2, 0.25) is 0 Å². The first-order valence-corrected chi connectivity index (χ1v) is 6.70. The lowest BCUT2D eigenvalue weighted by molar-refractivity contribution is 0.509. The molecule has 1 aromatic heterocycles. The smallest absolute Gasteiger partial charge is 0.132 e. The molecule has 0 aliphatic rings. The van der Waals surface area contributed by atoms with Crippen LogP contribution in [0.3, 0.4) is 0 Å². The standard InChI is InChI=1S/C14H13BrF2N2/c1-2-19-14(9-4-3-5-18-8-9)13-11(16)6-10(15)7-12(13)17/h3-8,14,19H,2H2,1H3. The fraction of sp³-hybridized carbons (Fsp3) is 0.214. The van der Waals surface area contributed by atoms with E-state index < -0.39 is 17.7 Å². The maximum absolute atomic E-state index is 14.0. The lowest BCUT2D eigenvalue weighted by Gasteiger charge is -2.20. The molecule has 1 unspecified atom stereocenters. The van der Waals surface area contributed by atoms with Crippen molar-refractivity contribution in [3.63, 3.8) is 0 Å². The Morgan fingerprint density at radius 2 is 2.00 bits per heavy atom. The summed E-state index contributed by atoms with van der Waals surface area (Å²) in [6.07, 6.45) is 3.23. The van der Waals surface area contributed by atoms with Gasteiger partial charge in [-0.1, -0.05) is 28.9 Å². The van der Waals surface area contributed by atoms with Gasteiger partial charge in [0.05, 0.1) is 6.04 Å². The molecule has 0 saturated heterocycles. The molecule has 0 aliphatic heterocycles. The Morgan fingerprint density at radius 1 is 1.32 bits per heavy atom. The van der Waals surface area contributed by atoms with Gasteiger partial charge in [0.25, 0.3) is 0 Å². The Morgan fingerprint density at radius 3 is 2.53 bits per heavy atom. The second-order valence-electron chi connectivity index (χ2n) is 4.06. The van der Waals surface area contributed by atoms with Gasteiger partial charge in [-0.05, 0) is 30.3 Å². The van der Waals surface area contributed by atoms with Gasteiger partial charge in [0.1, 0.15) is 11.6 Å². The molecule has 2 nitrogen and oxygen atoms in total. The van der Waals surface area contributed by atoms with Crippen LogP contribution in [0.15, 0.2) is 41.1 Å². The molecule has 2 rings (SSSR count). The molecule has 0 saturated carbocycles. The van der Waals surface area contributed by atoms with Gasteiger partial charge in [0, 0.05) is 22.4 Å². The van der Waals surface area contributed by atoms with Gasteiger partial charge in [0.15, 0.2) is 0 Å². The maximum Gasteiger partial charge on any atom is 0.132 e. The van der Waals surface area contributed by atoms with E-state index >= 15 is 0 Å². The summed E-state index contributed by atoms with van der Waals surface area (Å²) in [6.45, 7) is 2.48. The zero-order valence-corrected chi connectivity index (χ0v) is 11.9. The third-order valence-electron chi connectivity index (χ3n) is 2.76. The number of pyridine rings is 1. The van der Waals surface area contributed by atoms with Crippen molar-refractivity contribution < 1.29 is 8.78 Å². The number of nitrogens with one attached hydrogen (secondary N) is 1. The van der Waals surface area contributed by atoms with Crippen LogP contribution in [0.1, 0.15) is 24.1 Å². The van der Waals surface area contributed by atoms with Gasteiger partial charge in [0.2, 0.25) is 0 Å². The summed E-state index contributed by atoms with van der Waals surface area (Å²) in [7, 11) is 0. The number of aromatic nitrogens is 1. The number of hydrogen-bond donors (Lipinski definition) is 1. The van der Waals surface area contributed by atoms with Crippen LogP contribution >= 0.6 is 15.9 Å². The Labute approximate surface area is 119 Å². The molecule has 2 aromatic rings. The van der Waals surface area contributed by atoms with Crippen LogP contribution in [0.4, 0.5) is 8.78 Å². The average Bonchev–Trinajstić information content (AvgIpc) is 2.37. The summed E-state index contributed by atoms with van der Waals surface area (Å²) >= 11 is 3.08. The molecule has 0 bridgehead atoms. The second kappa shape index (κ2) is 6.21. The fourth-order valence-corrected chi connectivity index (χ4v) is 2.37.